The second-order valence-corrected chi connectivity index (χ2v) is 3.21. The van der Waals surface area contributed by atoms with E-state index in [0.29, 0.717) is 12.3 Å². The van der Waals surface area contributed by atoms with E-state index >= 15 is 0 Å². The predicted molar refractivity (Wildman–Crippen MR) is 50.3 cm³/mol. The average molecular weight is 162 g/mol. The summed E-state index contributed by atoms with van der Waals surface area (Å²) < 4.78 is 0. The predicted octanol–water partition coefficient (Wildman–Crippen LogP) is 2.69. The first kappa shape index (κ1) is 8.98. The highest BCUT2D eigenvalue weighted by molar-refractivity contribution is 5.51. The highest BCUT2D eigenvalue weighted by Gasteiger charge is 2.02. The quantitative estimate of drug-likeness (QED) is 0.624. The van der Waals surface area contributed by atoms with E-state index in [1.54, 1.807) is 0 Å². The molecule has 0 aliphatic heterocycles. The Hall–Kier alpha value is -1.11. The van der Waals surface area contributed by atoms with Crippen LogP contribution in [0.1, 0.15) is 30.4 Å². The Bertz CT molecular complexity index is 248. The summed E-state index contributed by atoms with van der Waals surface area (Å²) in [6.45, 7) is 4.13. The Balaban J connectivity index is 2.74. The molecule has 1 nitrogen and oxygen atoms in total. The van der Waals surface area contributed by atoms with Crippen LogP contribution in [0.2, 0.25) is 0 Å². The molecule has 0 radical (unpaired) electrons. The summed E-state index contributed by atoms with van der Waals surface area (Å²) in [5, 5.41) is 0. The monoisotopic (exact) mass is 162 g/mol. The number of carbonyl (C=O) groups excluding carboxylic acids is 1. The third-order valence-corrected chi connectivity index (χ3v) is 2.10. The number of aldehydes is 1. The molecule has 0 heterocycles. The largest absolute Gasteiger partial charge is 0.303 e. The van der Waals surface area contributed by atoms with Gasteiger partial charge >= 0.3 is 0 Å². The molecule has 1 atom stereocenters. The molecule has 0 aliphatic rings. The normalized spacial score (nSPS) is 12.5. The van der Waals surface area contributed by atoms with Gasteiger partial charge in [0.05, 0.1) is 0 Å². The van der Waals surface area contributed by atoms with Crippen molar-refractivity contribution < 1.29 is 4.79 Å². The third-order valence-electron chi connectivity index (χ3n) is 2.10. The molecule has 0 fully saturated rings. The lowest BCUT2D eigenvalue weighted by Gasteiger charge is -2.07. The molecular formula is C11H14O. The van der Waals surface area contributed by atoms with Crippen molar-refractivity contribution in [3.63, 3.8) is 0 Å². The van der Waals surface area contributed by atoms with E-state index in [4.69, 9.17) is 0 Å². The van der Waals surface area contributed by atoms with Crippen LogP contribution in [0.4, 0.5) is 0 Å². The van der Waals surface area contributed by atoms with Crippen LogP contribution in [0.25, 0.3) is 0 Å². The summed E-state index contributed by atoms with van der Waals surface area (Å²) in [7, 11) is 0. The zero-order valence-corrected chi connectivity index (χ0v) is 7.58. The Morgan fingerprint density at radius 3 is 2.42 bits per heavy atom. The summed E-state index contributed by atoms with van der Waals surface area (Å²) in [4.78, 5) is 10.3. The Labute approximate surface area is 73.4 Å². The van der Waals surface area contributed by atoms with Crippen molar-refractivity contribution >= 4 is 6.29 Å². The van der Waals surface area contributed by atoms with Gasteiger partial charge in [-0.05, 0) is 18.4 Å². The highest BCUT2D eigenvalue weighted by Crippen LogP contribution is 2.17. The van der Waals surface area contributed by atoms with Crippen molar-refractivity contribution in [1.82, 2.24) is 0 Å². The topological polar surface area (TPSA) is 17.1 Å². The van der Waals surface area contributed by atoms with Crippen molar-refractivity contribution in [2.24, 2.45) is 0 Å². The summed E-state index contributed by atoms with van der Waals surface area (Å²) >= 11 is 0. The first-order valence-corrected chi connectivity index (χ1v) is 4.24. The Kier molecular flexibility index (Phi) is 3.03. The van der Waals surface area contributed by atoms with Gasteiger partial charge in [0.25, 0.3) is 0 Å². The van der Waals surface area contributed by atoms with Gasteiger partial charge in [0.2, 0.25) is 0 Å². The van der Waals surface area contributed by atoms with Crippen LogP contribution >= 0.6 is 0 Å². The number of aryl methyl sites for hydroxylation is 1. The second-order valence-electron chi connectivity index (χ2n) is 3.21. The minimum Gasteiger partial charge on any atom is -0.303 e. The van der Waals surface area contributed by atoms with Crippen molar-refractivity contribution in [2.45, 2.75) is 26.2 Å². The molecule has 0 amide bonds. The van der Waals surface area contributed by atoms with Crippen LogP contribution in [-0.2, 0) is 4.79 Å². The van der Waals surface area contributed by atoms with Crippen molar-refractivity contribution in [2.75, 3.05) is 0 Å². The summed E-state index contributed by atoms with van der Waals surface area (Å²) in [6.07, 6.45) is 1.59. The summed E-state index contributed by atoms with van der Waals surface area (Å²) in [5.41, 5.74) is 2.50. The molecule has 1 aromatic rings. The van der Waals surface area contributed by atoms with Gasteiger partial charge in [0.1, 0.15) is 6.29 Å². The standard InChI is InChI=1S/C11H14O/c1-9-3-5-11(6-4-9)10(2)7-8-12/h3-6,8,10H,7H2,1-2H3/t10-/m1/s1. The molecule has 0 aliphatic carbocycles. The molecular weight excluding hydrogens is 148 g/mol. The van der Waals surface area contributed by atoms with Gasteiger partial charge in [-0.1, -0.05) is 36.8 Å². The molecule has 1 rings (SSSR count). The first-order valence-electron chi connectivity index (χ1n) is 4.24. The summed E-state index contributed by atoms with van der Waals surface area (Å²) in [6, 6.07) is 8.33. The first-order chi connectivity index (χ1) is 5.74. The Morgan fingerprint density at radius 1 is 1.33 bits per heavy atom. The van der Waals surface area contributed by atoms with Crippen LogP contribution in [-0.4, -0.2) is 6.29 Å². The van der Waals surface area contributed by atoms with E-state index in [1.807, 2.05) is 0 Å². The molecule has 0 spiro atoms. The fourth-order valence-electron chi connectivity index (χ4n) is 1.18. The van der Waals surface area contributed by atoms with E-state index in [-0.39, 0.29) is 0 Å². The van der Waals surface area contributed by atoms with Gasteiger partial charge in [-0.2, -0.15) is 0 Å². The van der Waals surface area contributed by atoms with Gasteiger partial charge in [-0.15, -0.1) is 0 Å². The number of carbonyl (C=O) groups is 1. The molecule has 12 heavy (non-hydrogen) atoms. The number of rotatable bonds is 3. The maximum atomic E-state index is 10.3. The van der Waals surface area contributed by atoms with E-state index in [1.165, 1.54) is 11.1 Å². The highest BCUT2D eigenvalue weighted by atomic mass is 16.1. The van der Waals surface area contributed by atoms with Crippen LogP contribution in [0.5, 0.6) is 0 Å². The maximum absolute atomic E-state index is 10.3. The zero-order chi connectivity index (χ0) is 8.97. The second kappa shape index (κ2) is 4.05. The van der Waals surface area contributed by atoms with Crippen LogP contribution in [0.3, 0.4) is 0 Å². The summed E-state index contributed by atoms with van der Waals surface area (Å²) in [5.74, 6) is 0.350. The molecule has 64 valence electrons. The van der Waals surface area contributed by atoms with Crippen LogP contribution in [0.15, 0.2) is 24.3 Å². The molecule has 0 N–H and O–H groups in total. The van der Waals surface area contributed by atoms with Gasteiger partial charge in [-0.3, -0.25) is 0 Å². The zero-order valence-electron chi connectivity index (χ0n) is 7.58. The van der Waals surface area contributed by atoms with Gasteiger partial charge < -0.3 is 4.79 Å². The lowest BCUT2D eigenvalue weighted by molar-refractivity contribution is -0.108. The van der Waals surface area contributed by atoms with E-state index in [9.17, 15) is 4.79 Å². The van der Waals surface area contributed by atoms with Crippen molar-refractivity contribution in [3.05, 3.63) is 35.4 Å². The maximum Gasteiger partial charge on any atom is 0.120 e. The van der Waals surface area contributed by atoms with Crippen LogP contribution in [0, 0.1) is 6.92 Å². The number of hydrogen-bond donors (Lipinski definition) is 0. The third kappa shape index (κ3) is 2.19. The molecule has 1 aromatic carbocycles. The van der Waals surface area contributed by atoms with Crippen molar-refractivity contribution in [3.8, 4) is 0 Å². The molecule has 0 aromatic heterocycles. The molecule has 0 bridgehead atoms. The SMILES string of the molecule is Cc1ccc([C@H](C)CC=O)cc1. The van der Waals surface area contributed by atoms with E-state index in [0.717, 1.165) is 6.29 Å². The fourth-order valence-corrected chi connectivity index (χ4v) is 1.18. The van der Waals surface area contributed by atoms with Crippen molar-refractivity contribution in [1.29, 1.82) is 0 Å². The minimum atomic E-state index is 0.350. The lowest BCUT2D eigenvalue weighted by Crippen LogP contribution is -1.93. The lowest BCUT2D eigenvalue weighted by atomic mass is 9.98. The molecule has 1 heteroatoms. The molecule has 0 saturated heterocycles. The van der Waals surface area contributed by atoms with Gasteiger partial charge in [0.15, 0.2) is 0 Å². The molecule has 0 saturated carbocycles. The van der Waals surface area contributed by atoms with Crippen LogP contribution < -0.4 is 0 Å². The number of hydrogen-bond acceptors (Lipinski definition) is 1. The Morgan fingerprint density at radius 2 is 1.92 bits per heavy atom. The minimum absolute atomic E-state index is 0.350. The van der Waals surface area contributed by atoms with E-state index < -0.39 is 0 Å². The smallest absolute Gasteiger partial charge is 0.120 e. The van der Waals surface area contributed by atoms with Gasteiger partial charge in [0, 0.05) is 6.42 Å². The fraction of sp³-hybridized carbons (Fsp3) is 0.364. The molecule has 0 unspecified atom stereocenters. The average Bonchev–Trinajstić information content (AvgIpc) is 2.06. The van der Waals surface area contributed by atoms with E-state index in [2.05, 4.69) is 38.1 Å². The van der Waals surface area contributed by atoms with Gasteiger partial charge in [-0.25, -0.2) is 0 Å². The number of benzene rings is 1.